The molecule has 1 unspecified atom stereocenters. The lowest BCUT2D eigenvalue weighted by atomic mass is 10.0. The van der Waals surface area contributed by atoms with Gasteiger partial charge < -0.3 is 14.8 Å². The quantitative estimate of drug-likeness (QED) is 0.749. The Morgan fingerprint density at radius 2 is 1.90 bits per heavy atom. The number of hydrogen-bond donors (Lipinski definition) is 1. The van der Waals surface area contributed by atoms with E-state index in [1.54, 1.807) is 26.4 Å². The Hall–Kier alpha value is -1.81. The number of carbonyl (C=O) groups excluding carboxylic acids is 1. The van der Waals surface area contributed by atoms with Crippen molar-refractivity contribution in [1.29, 1.82) is 0 Å². The summed E-state index contributed by atoms with van der Waals surface area (Å²) in [6.45, 7) is 4.78. The van der Waals surface area contributed by atoms with E-state index in [-0.39, 0.29) is 11.9 Å². The van der Waals surface area contributed by atoms with Gasteiger partial charge >= 0.3 is 0 Å². The van der Waals surface area contributed by atoms with E-state index in [4.69, 9.17) is 9.47 Å². The molecule has 0 aliphatic carbocycles. The normalized spacial score (nSPS) is 12.6. The Bertz CT molecular complexity index is 452. The first kappa shape index (κ1) is 17.2. The molecule has 1 N–H and O–H groups in total. The molecule has 0 heterocycles. The van der Waals surface area contributed by atoms with Gasteiger partial charge in [-0.15, -0.1) is 0 Å². The largest absolute Gasteiger partial charge is 0.497 e. The molecule has 0 aromatic heterocycles. The van der Waals surface area contributed by atoms with Crippen molar-refractivity contribution < 1.29 is 14.3 Å². The number of rotatable bonds is 8. The van der Waals surface area contributed by atoms with E-state index >= 15 is 0 Å². The van der Waals surface area contributed by atoms with E-state index in [2.05, 4.69) is 19.2 Å². The molecule has 21 heavy (non-hydrogen) atoms. The topological polar surface area (TPSA) is 47.6 Å². The van der Waals surface area contributed by atoms with Crippen molar-refractivity contribution in [3.05, 3.63) is 35.9 Å². The molecule has 1 rings (SSSR count). The average molecular weight is 291 g/mol. The molecule has 0 saturated carbocycles. The summed E-state index contributed by atoms with van der Waals surface area (Å²) in [4.78, 5) is 11.9. The predicted octanol–water partition coefficient (Wildman–Crippen LogP) is 2.89. The fraction of sp³-hybridized carbons (Fsp3) is 0.471. The molecule has 0 radical (unpaired) electrons. The maximum absolute atomic E-state index is 11.9. The average Bonchev–Trinajstić information content (AvgIpc) is 2.45. The Kier molecular flexibility index (Phi) is 7.54. The van der Waals surface area contributed by atoms with E-state index in [0.29, 0.717) is 12.5 Å². The number of amides is 1. The SMILES string of the molecule is COCC(CC(C)C)NC(=O)C=Cc1ccc(OC)cc1. The smallest absolute Gasteiger partial charge is 0.244 e. The molecule has 4 heteroatoms. The molecule has 4 nitrogen and oxygen atoms in total. The fourth-order valence-corrected chi connectivity index (χ4v) is 2.08. The first-order chi connectivity index (χ1) is 10.0. The Morgan fingerprint density at radius 3 is 2.43 bits per heavy atom. The number of hydrogen-bond acceptors (Lipinski definition) is 3. The molecule has 0 aliphatic rings. The number of benzene rings is 1. The standard InChI is InChI=1S/C17H25NO3/c1-13(2)11-15(12-20-3)18-17(19)10-7-14-5-8-16(21-4)9-6-14/h5-10,13,15H,11-12H2,1-4H3,(H,18,19). The van der Waals surface area contributed by atoms with Crippen molar-refractivity contribution in [3.8, 4) is 5.75 Å². The van der Waals surface area contributed by atoms with Gasteiger partial charge in [0.25, 0.3) is 0 Å². The first-order valence-corrected chi connectivity index (χ1v) is 7.16. The molecule has 116 valence electrons. The summed E-state index contributed by atoms with van der Waals surface area (Å²) in [6.07, 6.45) is 4.23. The number of nitrogens with one attached hydrogen (secondary N) is 1. The molecule has 0 saturated heterocycles. The highest BCUT2D eigenvalue weighted by Crippen LogP contribution is 2.12. The van der Waals surface area contributed by atoms with Crippen LogP contribution in [0.15, 0.2) is 30.3 Å². The van der Waals surface area contributed by atoms with Crippen LogP contribution >= 0.6 is 0 Å². The van der Waals surface area contributed by atoms with Crippen LogP contribution in [-0.4, -0.2) is 32.8 Å². The van der Waals surface area contributed by atoms with Crippen LogP contribution in [0.4, 0.5) is 0 Å². The second kappa shape index (κ2) is 9.19. The van der Waals surface area contributed by atoms with Gasteiger partial charge in [-0.05, 0) is 36.1 Å². The van der Waals surface area contributed by atoms with E-state index in [0.717, 1.165) is 17.7 Å². The van der Waals surface area contributed by atoms with Crippen LogP contribution in [0.1, 0.15) is 25.8 Å². The first-order valence-electron chi connectivity index (χ1n) is 7.16. The van der Waals surface area contributed by atoms with E-state index < -0.39 is 0 Å². The van der Waals surface area contributed by atoms with Gasteiger partial charge in [-0.3, -0.25) is 4.79 Å². The fourth-order valence-electron chi connectivity index (χ4n) is 2.08. The van der Waals surface area contributed by atoms with E-state index in [1.807, 2.05) is 24.3 Å². The van der Waals surface area contributed by atoms with Crippen LogP contribution in [0.2, 0.25) is 0 Å². The predicted molar refractivity (Wildman–Crippen MR) is 85.3 cm³/mol. The second-order valence-electron chi connectivity index (χ2n) is 5.40. The summed E-state index contributed by atoms with van der Waals surface area (Å²) >= 11 is 0. The minimum atomic E-state index is -0.103. The van der Waals surface area contributed by atoms with Crippen LogP contribution in [0, 0.1) is 5.92 Å². The minimum Gasteiger partial charge on any atom is -0.497 e. The van der Waals surface area contributed by atoms with E-state index in [1.165, 1.54) is 0 Å². The van der Waals surface area contributed by atoms with Crippen molar-refractivity contribution in [3.63, 3.8) is 0 Å². The van der Waals surface area contributed by atoms with E-state index in [9.17, 15) is 4.79 Å². The van der Waals surface area contributed by atoms with Crippen molar-refractivity contribution in [2.45, 2.75) is 26.3 Å². The summed E-state index contributed by atoms with van der Waals surface area (Å²) < 4.78 is 10.2. The Morgan fingerprint density at radius 1 is 1.24 bits per heavy atom. The highest BCUT2D eigenvalue weighted by Gasteiger charge is 2.12. The summed E-state index contributed by atoms with van der Waals surface area (Å²) in [6, 6.07) is 7.59. The molecular formula is C17H25NO3. The Labute approximate surface area is 127 Å². The highest BCUT2D eigenvalue weighted by atomic mass is 16.5. The molecular weight excluding hydrogens is 266 g/mol. The molecule has 0 bridgehead atoms. The third kappa shape index (κ3) is 6.95. The minimum absolute atomic E-state index is 0.0445. The van der Waals surface area contributed by atoms with Crippen LogP contribution in [0.5, 0.6) is 5.75 Å². The van der Waals surface area contributed by atoms with Gasteiger partial charge in [0, 0.05) is 13.2 Å². The lowest BCUT2D eigenvalue weighted by molar-refractivity contribution is -0.117. The number of carbonyl (C=O) groups is 1. The highest BCUT2D eigenvalue weighted by molar-refractivity contribution is 5.91. The van der Waals surface area contributed by atoms with Crippen LogP contribution in [-0.2, 0) is 9.53 Å². The lowest BCUT2D eigenvalue weighted by Crippen LogP contribution is -2.38. The van der Waals surface area contributed by atoms with Gasteiger partial charge in [-0.2, -0.15) is 0 Å². The van der Waals surface area contributed by atoms with Gasteiger partial charge in [0.2, 0.25) is 5.91 Å². The Balaban J connectivity index is 2.55. The zero-order valence-corrected chi connectivity index (χ0v) is 13.3. The van der Waals surface area contributed by atoms with Crippen molar-refractivity contribution in [2.24, 2.45) is 5.92 Å². The summed E-state index contributed by atoms with van der Waals surface area (Å²) in [5.74, 6) is 1.21. The van der Waals surface area contributed by atoms with Gasteiger partial charge in [0.15, 0.2) is 0 Å². The van der Waals surface area contributed by atoms with Crippen molar-refractivity contribution in [2.75, 3.05) is 20.8 Å². The van der Waals surface area contributed by atoms with Crippen molar-refractivity contribution >= 4 is 12.0 Å². The van der Waals surface area contributed by atoms with Gasteiger partial charge in [0.05, 0.1) is 19.8 Å². The summed E-state index contributed by atoms with van der Waals surface area (Å²) in [5, 5.41) is 2.97. The molecule has 1 aromatic rings. The third-order valence-electron chi connectivity index (χ3n) is 3.01. The monoisotopic (exact) mass is 291 g/mol. The number of methoxy groups -OCH3 is 2. The zero-order valence-electron chi connectivity index (χ0n) is 13.3. The molecule has 1 atom stereocenters. The summed E-state index contributed by atoms with van der Waals surface area (Å²) in [5.41, 5.74) is 0.957. The molecule has 0 fully saturated rings. The third-order valence-corrected chi connectivity index (χ3v) is 3.01. The lowest BCUT2D eigenvalue weighted by Gasteiger charge is -2.18. The van der Waals surface area contributed by atoms with Gasteiger partial charge in [-0.1, -0.05) is 26.0 Å². The molecule has 1 amide bonds. The maximum Gasteiger partial charge on any atom is 0.244 e. The van der Waals surface area contributed by atoms with Crippen LogP contribution in [0.3, 0.4) is 0 Å². The molecule has 1 aromatic carbocycles. The van der Waals surface area contributed by atoms with Gasteiger partial charge in [-0.25, -0.2) is 0 Å². The van der Waals surface area contributed by atoms with Gasteiger partial charge in [0.1, 0.15) is 5.75 Å². The molecule has 0 aliphatic heterocycles. The van der Waals surface area contributed by atoms with Crippen molar-refractivity contribution in [1.82, 2.24) is 5.32 Å². The summed E-state index contributed by atoms with van der Waals surface area (Å²) in [7, 11) is 3.27. The molecule has 0 spiro atoms. The second-order valence-corrected chi connectivity index (χ2v) is 5.40. The zero-order chi connectivity index (χ0) is 15.7. The van der Waals surface area contributed by atoms with Crippen LogP contribution < -0.4 is 10.1 Å². The number of ether oxygens (including phenoxy) is 2. The van der Waals surface area contributed by atoms with Crippen LogP contribution in [0.25, 0.3) is 6.08 Å². The maximum atomic E-state index is 11.9.